The van der Waals surface area contributed by atoms with Gasteiger partial charge in [0.15, 0.2) is 5.78 Å². The summed E-state index contributed by atoms with van der Waals surface area (Å²) in [5.74, 6) is -1.12. The summed E-state index contributed by atoms with van der Waals surface area (Å²) in [6, 6.07) is 0. The zero-order chi connectivity index (χ0) is 11.3. The first-order valence-electron chi connectivity index (χ1n) is 3.87. The number of carbonyl (C=O) groups excluding carboxylic acids is 1. The molecule has 0 fully saturated rings. The first kappa shape index (κ1) is 13.4. The van der Waals surface area contributed by atoms with E-state index in [1.54, 1.807) is 0 Å². The molecule has 0 unspecified atom stereocenters. The van der Waals surface area contributed by atoms with E-state index in [9.17, 15) is 9.18 Å². The fourth-order valence-electron chi connectivity index (χ4n) is 0.790. The molecular formula is C7H13FO6. The molecule has 84 valence electrons. The highest BCUT2D eigenvalue weighted by Gasteiger charge is 2.33. The summed E-state index contributed by atoms with van der Waals surface area (Å²) in [5, 5.41) is 44.0. The van der Waals surface area contributed by atoms with Gasteiger partial charge in [0.05, 0.1) is 0 Å². The van der Waals surface area contributed by atoms with Gasteiger partial charge in [-0.1, -0.05) is 0 Å². The summed E-state index contributed by atoms with van der Waals surface area (Å²) < 4.78 is 11.8. The van der Waals surface area contributed by atoms with E-state index in [0.717, 1.165) is 0 Å². The Morgan fingerprint density at radius 2 is 1.64 bits per heavy atom. The number of rotatable bonds is 6. The van der Waals surface area contributed by atoms with Crippen LogP contribution in [0.25, 0.3) is 0 Å². The molecule has 0 aromatic heterocycles. The third kappa shape index (κ3) is 3.28. The van der Waals surface area contributed by atoms with Crippen LogP contribution in [0.4, 0.5) is 4.39 Å². The number of aliphatic hydroxyl groups excluding tert-OH is 5. The number of alkyl halides is 1. The van der Waals surface area contributed by atoms with Gasteiger partial charge in [-0.3, -0.25) is 4.79 Å². The van der Waals surface area contributed by atoms with Gasteiger partial charge in [-0.25, -0.2) is 4.39 Å². The average molecular weight is 212 g/mol. The number of hydrogen-bond donors (Lipinski definition) is 5. The third-order valence-corrected chi connectivity index (χ3v) is 1.71. The average Bonchev–Trinajstić information content (AvgIpc) is 2.23. The molecule has 0 aromatic carbocycles. The lowest BCUT2D eigenvalue weighted by atomic mass is 10.0. The van der Waals surface area contributed by atoms with Crippen LogP contribution >= 0.6 is 0 Å². The Kier molecular flexibility index (Phi) is 5.73. The Hall–Kier alpha value is -0.600. The van der Waals surface area contributed by atoms with Crippen LogP contribution in [-0.4, -0.2) is 69.0 Å². The van der Waals surface area contributed by atoms with E-state index in [0.29, 0.717) is 0 Å². The lowest BCUT2D eigenvalue weighted by Gasteiger charge is -2.23. The van der Waals surface area contributed by atoms with Crippen LogP contribution in [0.1, 0.15) is 0 Å². The second-order valence-corrected chi connectivity index (χ2v) is 2.77. The van der Waals surface area contributed by atoms with E-state index in [2.05, 4.69) is 0 Å². The van der Waals surface area contributed by atoms with Crippen LogP contribution in [0.5, 0.6) is 0 Å². The lowest BCUT2D eigenvalue weighted by molar-refractivity contribution is -0.148. The molecule has 7 heteroatoms. The Morgan fingerprint density at radius 1 is 1.14 bits per heavy atom. The second-order valence-electron chi connectivity index (χ2n) is 2.77. The maximum absolute atomic E-state index is 11.8. The maximum atomic E-state index is 11.8. The van der Waals surface area contributed by atoms with Gasteiger partial charge < -0.3 is 25.5 Å². The van der Waals surface area contributed by atoms with Crippen molar-refractivity contribution >= 4 is 5.78 Å². The molecule has 0 aliphatic rings. The molecule has 0 rings (SSSR count). The van der Waals surface area contributed by atoms with Crippen LogP contribution in [-0.2, 0) is 4.79 Å². The molecule has 4 atom stereocenters. The number of halogens is 1. The van der Waals surface area contributed by atoms with Gasteiger partial charge in [0.25, 0.3) is 0 Å². The lowest BCUT2D eigenvalue weighted by Crippen LogP contribution is -2.48. The van der Waals surface area contributed by atoms with Crippen molar-refractivity contribution in [3.05, 3.63) is 0 Å². The zero-order valence-electron chi connectivity index (χ0n) is 7.25. The smallest absolute Gasteiger partial charge is 0.189 e. The van der Waals surface area contributed by atoms with Crippen LogP contribution in [0, 0.1) is 0 Å². The Morgan fingerprint density at radius 3 is 2.00 bits per heavy atom. The van der Waals surface area contributed by atoms with E-state index in [-0.39, 0.29) is 0 Å². The first-order chi connectivity index (χ1) is 6.45. The van der Waals surface area contributed by atoms with Crippen molar-refractivity contribution in [2.45, 2.75) is 24.4 Å². The van der Waals surface area contributed by atoms with E-state index in [1.807, 2.05) is 0 Å². The highest BCUT2D eigenvalue weighted by atomic mass is 19.1. The molecule has 0 radical (unpaired) electrons. The molecule has 0 saturated heterocycles. The zero-order valence-corrected chi connectivity index (χ0v) is 7.25. The normalized spacial score (nSPS) is 19.9. The summed E-state index contributed by atoms with van der Waals surface area (Å²) in [5.41, 5.74) is 0. The standard InChI is InChI=1S/C7H13FO6/c8-1-3(10)5(12)7(14)6(13)4(11)2-9/h3,5-7,9-10,12-14H,1-2H2/t3-,5-,6+,7+/m1/s1. The van der Waals surface area contributed by atoms with Crippen LogP contribution in [0.2, 0.25) is 0 Å². The number of aliphatic hydroxyl groups is 5. The number of carbonyl (C=O) groups is 1. The highest BCUT2D eigenvalue weighted by molar-refractivity contribution is 5.84. The monoisotopic (exact) mass is 212 g/mol. The predicted octanol–water partition coefficient (Wildman–Crippen LogP) is -3.04. The second kappa shape index (κ2) is 5.99. The summed E-state index contributed by atoms with van der Waals surface area (Å²) >= 11 is 0. The third-order valence-electron chi connectivity index (χ3n) is 1.71. The van der Waals surface area contributed by atoms with E-state index in [1.165, 1.54) is 0 Å². The van der Waals surface area contributed by atoms with Gasteiger partial charge in [-0.15, -0.1) is 0 Å². The summed E-state index contributed by atoms with van der Waals surface area (Å²) in [6.45, 7) is -2.34. The molecule has 6 nitrogen and oxygen atoms in total. The fraction of sp³-hybridized carbons (Fsp3) is 0.857. The van der Waals surface area contributed by atoms with Gasteiger partial charge in [-0.05, 0) is 0 Å². The molecule has 0 amide bonds. The van der Waals surface area contributed by atoms with Gasteiger partial charge in [0.2, 0.25) is 0 Å². The highest BCUT2D eigenvalue weighted by Crippen LogP contribution is 2.06. The van der Waals surface area contributed by atoms with Gasteiger partial charge in [0, 0.05) is 0 Å². The van der Waals surface area contributed by atoms with E-state index in [4.69, 9.17) is 25.5 Å². The summed E-state index contributed by atoms with van der Waals surface area (Å²) in [4.78, 5) is 10.6. The van der Waals surface area contributed by atoms with Crippen LogP contribution in [0.3, 0.4) is 0 Å². The minimum Gasteiger partial charge on any atom is -0.388 e. The van der Waals surface area contributed by atoms with Gasteiger partial charge in [0.1, 0.15) is 37.7 Å². The SMILES string of the molecule is O=C(CO)[C@H](O)[C@@H](O)[C@H](O)[C@H](O)CF. The van der Waals surface area contributed by atoms with Crippen LogP contribution < -0.4 is 0 Å². The summed E-state index contributed by atoms with van der Waals surface area (Å²) in [6.07, 6.45) is -7.94. The topological polar surface area (TPSA) is 118 Å². The van der Waals surface area contributed by atoms with Crippen molar-refractivity contribution in [2.24, 2.45) is 0 Å². The molecule has 0 aliphatic carbocycles. The van der Waals surface area contributed by atoms with Gasteiger partial charge in [-0.2, -0.15) is 0 Å². The molecule has 0 spiro atoms. The van der Waals surface area contributed by atoms with Gasteiger partial charge >= 0.3 is 0 Å². The molecule has 0 aromatic rings. The van der Waals surface area contributed by atoms with Crippen molar-refractivity contribution in [3.63, 3.8) is 0 Å². The molecule has 0 saturated carbocycles. The van der Waals surface area contributed by atoms with Crippen molar-refractivity contribution in [2.75, 3.05) is 13.3 Å². The Balaban J connectivity index is 4.30. The van der Waals surface area contributed by atoms with E-state index >= 15 is 0 Å². The summed E-state index contributed by atoms with van der Waals surface area (Å²) in [7, 11) is 0. The Labute approximate surface area is 79.2 Å². The minimum atomic E-state index is -2.05. The molecule has 0 aliphatic heterocycles. The molecule has 0 heterocycles. The predicted molar refractivity (Wildman–Crippen MR) is 42.1 cm³/mol. The number of Topliss-reactive ketones (excluding diaryl/α,β-unsaturated/α-hetero) is 1. The fourth-order valence-corrected chi connectivity index (χ4v) is 0.790. The minimum absolute atomic E-state index is 1.02. The quantitative estimate of drug-likeness (QED) is 0.319. The Bertz CT molecular complexity index is 187. The largest absolute Gasteiger partial charge is 0.388 e. The molecule has 0 bridgehead atoms. The number of ketones is 1. The van der Waals surface area contributed by atoms with Crippen molar-refractivity contribution in [1.82, 2.24) is 0 Å². The maximum Gasteiger partial charge on any atom is 0.189 e. The molecular weight excluding hydrogens is 199 g/mol. The van der Waals surface area contributed by atoms with Crippen molar-refractivity contribution in [3.8, 4) is 0 Å². The number of hydrogen-bond acceptors (Lipinski definition) is 6. The molecule has 5 N–H and O–H groups in total. The first-order valence-corrected chi connectivity index (χ1v) is 3.87. The van der Waals surface area contributed by atoms with Crippen molar-refractivity contribution < 1.29 is 34.7 Å². The molecule has 14 heavy (non-hydrogen) atoms. The van der Waals surface area contributed by atoms with Crippen LogP contribution in [0.15, 0.2) is 0 Å². The van der Waals surface area contributed by atoms with E-state index < -0.39 is 43.5 Å². The van der Waals surface area contributed by atoms with Crippen molar-refractivity contribution in [1.29, 1.82) is 0 Å².